The molecule has 9 heteroatoms. The number of carbonyl (C=O) groups is 1. The van der Waals surface area contributed by atoms with Crippen molar-refractivity contribution in [2.45, 2.75) is 102 Å². The van der Waals surface area contributed by atoms with Gasteiger partial charge in [-0.1, -0.05) is 74.5 Å². The van der Waals surface area contributed by atoms with E-state index in [9.17, 15) is 15.0 Å². The van der Waals surface area contributed by atoms with E-state index in [4.69, 9.17) is 28.4 Å². The van der Waals surface area contributed by atoms with Gasteiger partial charge < -0.3 is 38.6 Å². The number of hydrogen-bond donors (Lipinski definition) is 2. The molecule has 2 saturated heterocycles. The van der Waals surface area contributed by atoms with Gasteiger partial charge in [-0.05, 0) is 24.5 Å². The van der Waals surface area contributed by atoms with E-state index in [1.165, 1.54) is 6.92 Å². The van der Waals surface area contributed by atoms with Crippen LogP contribution in [0.25, 0.3) is 0 Å². The lowest BCUT2D eigenvalue weighted by Gasteiger charge is -2.48. The summed E-state index contributed by atoms with van der Waals surface area (Å²) in [6.07, 6.45) is -6.20. The molecule has 0 saturated carbocycles. The molecule has 9 nitrogen and oxygen atoms in total. The monoisotopic (exact) mass is 558 g/mol. The first-order valence-corrected chi connectivity index (χ1v) is 14.1. The zero-order valence-corrected chi connectivity index (χ0v) is 23.6. The molecule has 10 unspecified atom stereocenters. The Kier molecular flexibility index (Phi) is 11.1. The molecule has 2 N–H and O–H groups in total. The summed E-state index contributed by atoms with van der Waals surface area (Å²) in [7, 11) is 0. The molecule has 10 atom stereocenters. The standard InChI is InChI=1S/C31H42O9/c1-5-24-28(27(19(2)20(3)37-24)35-17-22-12-8-6-9-13-22)40-31-30(38-21(4)33)29(26(34)25(16-32)39-31)36-18-23-14-10-7-11-15-23/h6-15,19-20,24-32,34H,5,16-18H2,1-4H3. The Balaban J connectivity index is 1.59. The van der Waals surface area contributed by atoms with Crippen LogP contribution in [0.2, 0.25) is 0 Å². The number of ether oxygens (including phenoxy) is 6. The summed E-state index contributed by atoms with van der Waals surface area (Å²) in [6.45, 7) is 7.44. The van der Waals surface area contributed by atoms with Gasteiger partial charge in [0, 0.05) is 12.8 Å². The second kappa shape index (κ2) is 14.5. The first-order chi connectivity index (χ1) is 19.3. The van der Waals surface area contributed by atoms with E-state index < -0.39 is 49.4 Å². The lowest BCUT2D eigenvalue weighted by molar-refractivity contribution is -0.345. The molecule has 4 rings (SSSR count). The molecule has 2 aliphatic rings. The maximum absolute atomic E-state index is 12.2. The molecule has 0 aliphatic carbocycles. The van der Waals surface area contributed by atoms with Gasteiger partial charge in [-0.2, -0.15) is 0 Å². The highest BCUT2D eigenvalue weighted by atomic mass is 16.7. The van der Waals surface area contributed by atoms with Crippen molar-refractivity contribution < 1.29 is 43.4 Å². The lowest BCUT2D eigenvalue weighted by atomic mass is 9.87. The summed E-state index contributed by atoms with van der Waals surface area (Å²) in [6, 6.07) is 19.4. The van der Waals surface area contributed by atoms with Crippen LogP contribution >= 0.6 is 0 Å². The van der Waals surface area contributed by atoms with Gasteiger partial charge in [0.25, 0.3) is 0 Å². The molecule has 0 bridgehead atoms. The van der Waals surface area contributed by atoms with Gasteiger partial charge in [0.05, 0.1) is 38.1 Å². The number of esters is 1. The van der Waals surface area contributed by atoms with E-state index in [0.717, 1.165) is 11.1 Å². The Morgan fingerprint density at radius 1 is 0.825 bits per heavy atom. The first kappa shape index (κ1) is 30.6. The van der Waals surface area contributed by atoms with Crippen LogP contribution in [-0.2, 0) is 46.4 Å². The smallest absolute Gasteiger partial charge is 0.303 e. The second-order valence-corrected chi connectivity index (χ2v) is 10.6. The topological polar surface area (TPSA) is 113 Å². The van der Waals surface area contributed by atoms with Crippen LogP contribution in [0, 0.1) is 5.92 Å². The summed E-state index contributed by atoms with van der Waals surface area (Å²) >= 11 is 0. The van der Waals surface area contributed by atoms with Crippen LogP contribution in [0.4, 0.5) is 0 Å². The third-order valence-electron chi connectivity index (χ3n) is 7.70. The Bertz CT molecular complexity index is 1040. The molecule has 2 aromatic carbocycles. The number of aliphatic hydroxyl groups excluding tert-OH is 2. The minimum Gasteiger partial charge on any atom is -0.454 e. The van der Waals surface area contributed by atoms with E-state index in [1.807, 2.05) is 74.5 Å². The minimum absolute atomic E-state index is 0.0170. The highest BCUT2D eigenvalue weighted by Crippen LogP contribution is 2.36. The summed E-state index contributed by atoms with van der Waals surface area (Å²) in [5.41, 5.74) is 1.91. The average Bonchev–Trinajstić information content (AvgIpc) is 2.96. The Morgan fingerprint density at radius 2 is 1.40 bits per heavy atom. The fourth-order valence-electron chi connectivity index (χ4n) is 5.34. The van der Waals surface area contributed by atoms with E-state index >= 15 is 0 Å². The Labute approximate surface area is 236 Å². The number of rotatable bonds is 11. The van der Waals surface area contributed by atoms with Gasteiger partial charge in [-0.15, -0.1) is 0 Å². The van der Waals surface area contributed by atoms with Gasteiger partial charge in [0.1, 0.15) is 24.4 Å². The Morgan fingerprint density at radius 3 is 1.93 bits per heavy atom. The van der Waals surface area contributed by atoms with Gasteiger partial charge >= 0.3 is 5.97 Å². The molecular formula is C31H42O9. The summed E-state index contributed by atoms with van der Waals surface area (Å²) in [4.78, 5) is 12.2. The molecule has 0 spiro atoms. The van der Waals surface area contributed by atoms with E-state index in [0.29, 0.717) is 13.0 Å². The SMILES string of the molecule is CCC1OC(C)C(C)C(OCc2ccccc2)C1OC1OC(CO)C(O)C(OCc2ccccc2)C1OC(C)=O. The van der Waals surface area contributed by atoms with E-state index in [2.05, 4.69) is 6.92 Å². The average molecular weight is 559 g/mol. The van der Waals surface area contributed by atoms with Crippen LogP contribution in [0.5, 0.6) is 0 Å². The molecule has 220 valence electrons. The first-order valence-electron chi connectivity index (χ1n) is 14.1. The van der Waals surface area contributed by atoms with Crippen molar-refractivity contribution in [1.82, 2.24) is 0 Å². The molecular weight excluding hydrogens is 516 g/mol. The van der Waals surface area contributed by atoms with Gasteiger partial charge in [-0.3, -0.25) is 4.79 Å². The van der Waals surface area contributed by atoms with Crippen molar-refractivity contribution in [2.24, 2.45) is 5.92 Å². The van der Waals surface area contributed by atoms with Crippen LogP contribution < -0.4 is 0 Å². The van der Waals surface area contributed by atoms with Crippen molar-refractivity contribution in [1.29, 1.82) is 0 Å². The summed E-state index contributed by atoms with van der Waals surface area (Å²) in [5.74, 6) is -0.590. The Hall–Kier alpha value is -2.37. The normalized spacial score (nSPS) is 34.4. The third-order valence-corrected chi connectivity index (χ3v) is 7.70. The molecule has 0 amide bonds. The maximum Gasteiger partial charge on any atom is 0.303 e. The largest absolute Gasteiger partial charge is 0.454 e. The van der Waals surface area contributed by atoms with E-state index in [-0.39, 0.29) is 30.8 Å². The summed E-state index contributed by atoms with van der Waals surface area (Å²) in [5, 5.41) is 21.1. The minimum atomic E-state index is -1.26. The molecule has 40 heavy (non-hydrogen) atoms. The zero-order chi connectivity index (χ0) is 28.6. The van der Waals surface area contributed by atoms with Crippen molar-refractivity contribution in [3.63, 3.8) is 0 Å². The van der Waals surface area contributed by atoms with Crippen LogP contribution in [0.1, 0.15) is 45.2 Å². The lowest BCUT2D eigenvalue weighted by Crippen LogP contribution is -2.64. The molecule has 0 radical (unpaired) electrons. The molecule has 2 aromatic rings. The zero-order valence-electron chi connectivity index (χ0n) is 23.6. The van der Waals surface area contributed by atoms with Gasteiger partial charge in [0.15, 0.2) is 12.4 Å². The second-order valence-electron chi connectivity index (χ2n) is 10.6. The van der Waals surface area contributed by atoms with Crippen molar-refractivity contribution in [3.8, 4) is 0 Å². The fourth-order valence-corrected chi connectivity index (χ4v) is 5.34. The maximum atomic E-state index is 12.2. The van der Waals surface area contributed by atoms with Crippen LogP contribution in [-0.4, -0.2) is 77.9 Å². The summed E-state index contributed by atoms with van der Waals surface area (Å²) < 4.78 is 37.1. The van der Waals surface area contributed by atoms with Crippen molar-refractivity contribution in [3.05, 3.63) is 71.8 Å². The van der Waals surface area contributed by atoms with Crippen molar-refractivity contribution in [2.75, 3.05) is 6.61 Å². The third kappa shape index (κ3) is 7.47. The molecule has 2 fully saturated rings. The van der Waals surface area contributed by atoms with Crippen molar-refractivity contribution >= 4 is 5.97 Å². The van der Waals surface area contributed by atoms with Crippen LogP contribution in [0.15, 0.2) is 60.7 Å². The molecule has 2 heterocycles. The van der Waals surface area contributed by atoms with Crippen LogP contribution in [0.3, 0.4) is 0 Å². The van der Waals surface area contributed by atoms with E-state index in [1.54, 1.807) is 0 Å². The van der Waals surface area contributed by atoms with Gasteiger partial charge in [0.2, 0.25) is 0 Å². The highest BCUT2D eigenvalue weighted by Gasteiger charge is 2.52. The number of benzene rings is 2. The predicted octanol–water partition coefficient (Wildman–Crippen LogP) is 3.39. The quantitative estimate of drug-likeness (QED) is 0.401. The molecule has 2 aliphatic heterocycles. The number of hydrogen-bond acceptors (Lipinski definition) is 9. The number of aliphatic hydroxyl groups is 2. The van der Waals surface area contributed by atoms with Gasteiger partial charge in [-0.25, -0.2) is 0 Å². The fraction of sp³-hybridized carbons (Fsp3) is 0.581. The number of carbonyl (C=O) groups excluding carboxylic acids is 1. The highest BCUT2D eigenvalue weighted by molar-refractivity contribution is 5.66. The molecule has 0 aromatic heterocycles. The predicted molar refractivity (Wildman–Crippen MR) is 146 cm³/mol.